The van der Waals surface area contributed by atoms with Gasteiger partial charge >= 0.3 is 0 Å². The molecule has 1 N–H and O–H groups in total. The van der Waals surface area contributed by atoms with Crippen molar-refractivity contribution in [2.45, 2.75) is 24.9 Å². The molecular weight excluding hydrogens is 270 g/mol. The number of aliphatic imine (C=N–C) groups is 1. The van der Waals surface area contributed by atoms with Crippen LogP contribution in [-0.2, 0) is 11.3 Å². The second-order valence-corrected chi connectivity index (χ2v) is 6.20. The minimum atomic E-state index is 0.201. The van der Waals surface area contributed by atoms with E-state index in [0.29, 0.717) is 12.1 Å². The highest BCUT2D eigenvalue weighted by atomic mass is 32.2. The van der Waals surface area contributed by atoms with Crippen molar-refractivity contribution in [3.05, 3.63) is 35.4 Å². The normalized spacial score (nSPS) is 22.6. The Balaban J connectivity index is 1.61. The summed E-state index contributed by atoms with van der Waals surface area (Å²) in [6.45, 7) is 2.35. The highest BCUT2D eigenvalue weighted by Crippen LogP contribution is 2.31. The predicted molar refractivity (Wildman–Crippen MR) is 80.7 cm³/mol. The molecule has 2 heterocycles. The molecule has 1 spiro atoms. The minimum absolute atomic E-state index is 0.201. The van der Waals surface area contributed by atoms with Gasteiger partial charge in [0.15, 0.2) is 5.17 Å². The van der Waals surface area contributed by atoms with E-state index in [-0.39, 0.29) is 5.54 Å². The maximum atomic E-state index is 8.77. The lowest BCUT2D eigenvalue weighted by molar-refractivity contribution is 0.0555. The first kappa shape index (κ1) is 13.5. The Kier molecular flexibility index (Phi) is 3.95. The van der Waals surface area contributed by atoms with E-state index in [0.717, 1.165) is 42.5 Å². The number of benzene rings is 1. The molecule has 0 radical (unpaired) electrons. The number of amidine groups is 1. The first-order valence-electron chi connectivity index (χ1n) is 6.82. The van der Waals surface area contributed by atoms with Crippen LogP contribution in [0.5, 0.6) is 0 Å². The van der Waals surface area contributed by atoms with E-state index in [1.165, 1.54) is 0 Å². The van der Waals surface area contributed by atoms with Crippen LogP contribution in [0.1, 0.15) is 24.0 Å². The molecule has 4 nitrogen and oxygen atoms in total. The molecule has 2 aliphatic rings. The SMILES string of the molecule is N#Cc1ccc(CN=C2NC3(CCOCC3)CS2)cc1. The average molecular weight is 287 g/mol. The first-order valence-corrected chi connectivity index (χ1v) is 7.80. The fourth-order valence-corrected chi connectivity index (χ4v) is 3.69. The molecule has 1 aromatic carbocycles. The molecule has 5 heteroatoms. The van der Waals surface area contributed by atoms with Gasteiger partial charge in [0.2, 0.25) is 0 Å². The summed E-state index contributed by atoms with van der Waals surface area (Å²) >= 11 is 1.81. The molecule has 0 saturated carbocycles. The molecule has 20 heavy (non-hydrogen) atoms. The second kappa shape index (κ2) is 5.86. The third kappa shape index (κ3) is 2.97. The number of nitrogens with zero attached hydrogens (tertiary/aromatic N) is 2. The summed E-state index contributed by atoms with van der Waals surface area (Å²) in [5.74, 6) is 1.09. The third-order valence-corrected chi connectivity index (χ3v) is 5.00. The van der Waals surface area contributed by atoms with E-state index in [1.807, 2.05) is 24.3 Å². The minimum Gasteiger partial charge on any atom is -0.381 e. The summed E-state index contributed by atoms with van der Waals surface area (Å²) in [5.41, 5.74) is 2.02. The summed E-state index contributed by atoms with van der Waals surface area (Å²) in [6, 6.07) is 9.73. The largest absolute Gasteiger partial charge is 0.381 e. The Hall–Kier alpha value is -1.51. The van der Waals surface area contributed by atoms with Gasteiger partial charge in [0.1, 0.15) is 0 Å². The number of hydrogen-bond acceptors (Lipinski definition) is 4. The van der Waals surface area contributed by atoms with E-state index < -0.39 is 0 Å². The first-order chi connectivity index (χ1) is 9.80. The molecule has 2 saturated heterocycles. The van der Waals surface area contributed by atoms with Gasteiger partial charge in [-0.05, 0) is 30.5 Å². The Bertz CT molecular complexity index is 541. The molecular formula is C15H17N3OS. The van der Waals surface area contributed by atoms with E-state index in [2.05, 4.69) is 16.4 Å². The van der Waals surface area contributed by atoms with Gasteiger partial charge in [-0.25, -0.2) is 0 Å². The number of rotatable bonds is 2. The summed E-state index contributed by atoms with van der Waals surface area (Å²) in [7, 11) is 0. The quantitative estimate of drug-likeness (QED) is 0.907. The molecule has 2 fully saturated rings. The average Bonchev–Trinajstić information content (AvgIpc) is 2.89. The van der Waals surface area contributed by atoms with Crippen molar-refractivity contribution in [2.75, 3.05) is 19.0 Å². The molecule has 0 atom stereocenters. The molecule has 0 bridgehead atoms. The highest BCUT2D eigenvalue weighted by Gasteiger charge is 2.38. The Labute approximate surface area is 123 Å². The number of nitrogens with one attached hydrogen (secondary N) is 1. The van der Waals surface area contributed by atoms with Crippen LogP contribution in [-0.4, -0.2) is 29.7 Å². The van der Waals surface area contributed by atoms with Gasteiger partial charge in [-0.15, -0.1) is 0 Å². The monoisotopic (exact) mass is 287 g/mol. The van der Waals surface area contributed by atoms with Crippen molar-refractivity contribution in [3.63, 3.8) is 0 Å². The molecule has 0 aromatic heterocycles. The Morgan fingerprint density at radius 1 is 1.30 bits per heavy atom. The summed E-state index contributed by atoms with van der Waals surface area (Å²) in [4.78, 5) is 4.64. The number of thioether (sulfide) groups is 1. The van der Waals surface area contributed by atoms with E-state index in [4.69, 9.17) is 10.00 Å². The van der Waals surface area contributed by atoms with Crippen molar-refractivity contribution < 1.29 is 4.74 Å². The molecule has 0 amide bonds. The van der Waals surface area contributed by atoms with Crippen molar-refractivity contribution >= 4 is 16.9 Å². The highest BCUT2D eigenvalue weighted by molar-refractivity contribution is 8.14. The second-order valence-electron chi connectivity index (χ2n) is 5.24. The van der Waals surface area contributed by atoms with Crippen LogP contribution in [0.25, 0.3) is 0 Å². The summed E-state index contributed by atoms with van der Waals surface area (Å²) < 4.78 is 5.43. The zero-order valence-electron chi connectivity index (χ0n) is 11.3. The number of ether oxygens (including phenoxy) is 1. The van der Waals surface area contributed by atoms with Crippen LogP contribution in [0.3, 0.4) is 0 Å². The molecule has 0 unspecified atom stereocenters. The zero-order valence-corrected chi connectivity index (χ0v) is 12.1. The lowest BCUT2D eigenvalue weighted by Crippen LogP contribution is -2.48. The molecule has 3 rings (SSSR count). The van der Waals surface area contributed by atoms with Crippen molar-refractivity contribution in [1.82, 2.24) is 5.32 Å². The van der Waals surface area contributed by atoms with E-state index in [9.17, 15) is 0 Å². The van der Waals surface area contributed by atoms with Crippen LogP contribution in [0.2, 0.25) is 0 Å². The van der Waals surface area contributed by atoms with Crippen molar-refractivity contribution in [2.24, 2.45) is 4.99 Å². The van der Waals surface area contributed by atoms with Gasteiger partial charge in [-0.1, -0.05) is 23.9 Å². The van der Waals surface area contributed by atoms with E-state index in [1.54, 1.807) is 11.8 Å². The maximum Gasteiger partial charge on any atom is 0.157 e. The van der Waals surface area contributed by atoms with Crippen molar-refractivity contribution in [3.8, 4) is 6.07 Å². The van der Waals surface area contributed by atoms with Gasteiger partial charge in [0.05, 0.1) is 23.7 Å². The predicted octanol–water partition coefficient (Wildman–Crippen LogP) is 2.30. The van der Waals surface area contributed by atoms with Gasteiger partial charge in [-0.3, -0.25) is 4.99 Å². The van der Waals surface area contributed by atoms with Crippen LogP contribution >= 0.6 is 11.8 Å². The molecule has 2 aliphatic heterocycles. The third-order valence-electron chi connectivity index (χ3n) is 3.80. The fourth-order valence-electron chi connectivity index (χ4n) is 2.47. The van der Waals surface area contributed by atoms with Crippen molar-refractivity contribution in [1.29, 1.82) is 5.26 Å². The molecule has 1 aromatic rings. The molecule has 0 aliphatic carbocycles. The lowest BCUT2D eigenvalue weighted by Gasteiger charge is -2.32. The van der Waals surface area contributed by atoms with Gasteiger partial charge in [-0.2, -0.15) is 5.26 Å². The smallest absolute Gasteiger partial charge is 0.157 e. The number of nitriles is 1. The van der Waals surface area contributed by atoms with Gasteiger partial charge in [0, 0.05) is 19.0 Å². The zero-order chi connectivity index (χ0) is 13.8. The van der Waals surface area contributed by atoms with Gasteiger partial charge < -0.3 is 10.1 Å². The van der Waals surface area contributed by atoms with Crippen LogP contribution < -0.4 is 5.32 Å². The van der Waals surface area contributed by atoms with Crippen LogP contribution in [0.15, 0.2) is 29.3 Å². The Morgan fingerprint density at radius 3 is 2.75 bits per heavy atom. The van der Waals surface area contributed by atoms with Crippen LogP contribution in [0, 0.1) is 11.3 Å². The Morgan fingerprint density at radius 2 is 2.05 bits per heavy atom. The summed E-state index contributed by atoms with van der Waals surface area (Å²) in [6.07, 6.45) is 2.13. The number of hydrogen-bond donors (Lipinski definition) is 1. The van der Waals surface area contributed by atoms with E-state index >= 15 is 0 Å². The topological polar surface area (TPSA) is 57.4 Å². The standard InChI is InChI=1S/C15H17N3OS/c16-9-12-1-3-13(4-2-12)10-17-14-18-15(11-20-14)5-7-19-8-6-15/h1-4H,5-8,10-11H2,(H,17,18). The lowest BCUT2D eigenvalue weighted by atomic mass is 9.93. The van der Waals surface area contributed by atoms with Crippen LogP contribution in [0.4, 0.5) is 0 Å². The fraction of sp³-hybridized carbons (Fsp3) is 0.467. The maximum absolute atomic E-state index is 8.77. The summed E-state index contributed by atoms with van der Waals surface area (Å²) in [5, 5.41) is 13.4. The van der Waals surface area contributed by atoms with Gasteiger partial charge in [0.25, 0.3) is 0 Å². The molecule has 104 valence electrons.